The quantitative estimate of drug-likeness (QED) is 0.813. The molecule has 0 amide bonds. The molecule has 3 unspecified atom stereocenters. The van der Waals surface area contributed by atoms with Crippen LogP contribution in [0.2, 0.25) is 0 Å². The smallest absolute Gasteiger partial charge is 0.0648 e. The normalized spacial score (nSPS) is 39.7. The molecule has 100 valence electrons. The Morgan fingerprint density at radius 1 is 1.47 bits per heavy atom. The van der Waals surface area contributed by atoms with Crippen molar-refractivity contribution in [3.63, 3.8) is 0 Å². The summed E-state index contributed by atoms with van der Waals surface area (Å²) in [6.07, 6.45) is 5.01. The molecule has 0 aliphatic carbocycles. The predicted octanol–water partition coefficient (Wildman–Crippen LogP) is 2.02. The lowest BCUT2D eigenvalue weighted by atomic mass is 9.90. The van der Waals surface area contributed by atoms with Crippen molar-refractivity contribution >= 4 is 0 Å². The fourth-order valence-electron chi connectivity index (χ4n) is 3.39. The lowest BCUT2D eigenvalue weighted by Gasteiger charge is -2.46. The van der Waals surface area contributed by atoms with Crippen LogP contribution >= 0.6 is 0 Å². The number of rotatable bonds is 4. The van der Waals surface area contributed by atoms with Gasteiger partial charge in [-0.1, -0.05) is 6.92 Å². The van der Waals surface area contributed by atoms with Gasteiger partial charge < -0.3 is 10.1 Å². The fraction of sp³-hybridized carbons (Fsp3) is 1.00. The first-order valence-corrected chi connectivity index (χ1v) is 7.23. The summed E-state index contributed by atoms with van der Waals surface area (Å²) in [5, 5.41) is 3.67. The first-order chi connectivity index (χ1) is 8.15. The summed E-state index contributed by atoms with van der Waals surface area (Å²) in [5.41, 5.74) is 0.301. The van der Waals surface area contributed by atoms with Crippen LogP contribution in [0.25, 0.3) is 0 Å². The van der Waals surface area contributed by atoms with Crippen LogP contribution in [0.15, 0.2) is 0 Å². The summed E-state index contributed by atoms with van der Waals surface area (Å²) in [7, 11) is 0. The van der Waals surface area contributed by atoms with Crippen LogP contribution in [-0.4, -0.2) is 48.8 Å². The Bertz CT molecular complexity index is 238. The number of ether oxygens (including phenoxy) is 1. The predicted molar refractivity (Wildman–Crippen MR) is 71.3 cm³/mol. The van der Waals surface area contributed by atoms with Crippen molar-refractivity contribution in [2.45, 2.75) is 64.1 Å². The third kappa shape index (κ3) is 3.01. The number of piperidine rings is 1. The van der Waals surface area contributed by atoms with E-state index in [0.29, 0.717) is 11.6 Å². The maximum atomic E-state index is 5.60. The molecule has 0 spiro atoms. The average Bonchev–Trinajstić information content (AvgIpc) is 2.74. The van der Waals surface area contributed by atoms with E-state index >= 15 is 0 Å². The molecule has 2 aliphatic heterocycles. The van der Waals surface area contributed by atoms with Crippen molar-refractivity contribution in [1.29, 1.82) is 0 Å². The average molecular weight is 240 g/mol. The van der Waals surface area contributed by atoms with Gasteiger partial charge in [0.25, 0.3) is 0 Å². The molecular formula is C14H28N2O. The standard InChI is InChI=1S/C14H28N2O/c1-4-7-15-13-5-8-16(12(2)10-13)14(3)6-9-17-11-14/h12-13,15H,4-11H2,1-3H3. The van der Waals surface area contributed by atoms with Gasteiger partial charge in [0, 0.05) is 30.8 Å². The van der Waals surface area contributed by atoms with Gasteiger partial charge in [-0.2, -0.15) is 0 Å². The van der Waals surface area contributed by atoms with E-state index in [1.165, 1.54) is 32.2 Å². The summed E-state index contributed by atoms with van der Waals surface area (Å²) in [5.74, 6) is 0. The van der Waals surface area contributed by atoms with Crippen LogP contribution in [0.3, 0.4) is 0 Å². The van der Waals surface area contributed by atoms with Crippen molar-refractivity contribution < 1.29 is 4.74 Å². The summed E-state index contributed by atoms with van der Waals surface area (Å²) < 4.78 is 5.60. The van der Waals surface area contributed by atoms with Crippen molar-refractivity contribution in [3.05, 3.63) is 0 Å². The Morgan fingerprint density at radius 2 is 2.29 bits per heavy atom. The van der Waals surface area contributed by atoms with E-state index in [0.717, 1.165) is 25.8 Å². The second-order valence-corrected chi connectivity index (χ2v) is 6.02. The van der Waals surface area contributed by atoms with E-state index < -0.39 is 0 Å². The Morgan fingerprint density at radius 3 is 2.88 bits per heavy atom. The van der Waals surface area contributed by atoms with E-state index in [1.54, 1.807) is 0 Å². The Kier molecular flexibility index (Phi) is 4.45. The summed E-state index contributed by atoms with van der Waals surface area (Å²) >= 11 is 0. The molecule has 0 aromatic rings. The number of hydrogen-bond donors (Lipinski definition) is 1. The summed E-state index contributed by atoms with van der Waals surface area (Å²) in [6, 6.07) is 1.41. The van der Waals surface area contributed by atoms with Gasteiger partial charge >= 0.3 is 0 Å². The third-order valence-corrected chi connectivity index (χ3v) is 4.45. The maximum absolute atomic E-state index is 5.60. The minimum Gasteiger partial charge on any atom is -0.379 e. The zero-order valence-corrected chi connectivity index (χ0v) is 11.7. The fourth-order valence-corrected chi connectivity index (χ4v) is 3.39. The molecule has 3 atom stereocenters. The summed E-state index contributed by atoms with van der Waals surface area (Å²) in [6.45, 7) is 11.2. The highest BCUT2D eigenvalue weighted by Gasteiger charge is 2.40. The highest BCUT2D eigenvalue weighted by molar-refractivity contribution is 4.96. The van der Waals surface area contributed by atoms with Gasteiger partial charge in [-0.3, -0.25) is 4.90 Å². The molecule has 0 bridgehead atoms. The first kappa shape index (κ1) is 13.3. The van der Waals surface area contributed by atoms with Crippen LogP contribution in [-0.2, 0) is 4.74 Å². The number of nitrogens with zero attached hydrogens (tertiary/aromatic N) is 1. The van der Waals surface area contributed by atoms with E-state index in [2.05, 4.69) is 31.0 Å². The number of hydrogen-bond acceptors (Lipinski definition) is 3. The van der Waals surface area contributed by atoms with Gasteiger partial charge in [0.15, 0.2) is 0 Å². The van der Waals surface area contributed by atoms with E-state index in [9.17, 15) is 0 Å². The second-order valence-electron chi connectivity index (χ2n) is 6.02. The van der Waals surface area contributed by atoms with Crippen molar-refractivity contribution in [2.75, 3.05) is 26.3 Å². The maximum Gasteiger partial charge on any atom is 0.0648 e. The highest BCUT2D eigenvalue weighted by atomic mass is 16.5. The lowest BCUT2D eigenvalue weighted by molar-refractivity contribution is 0.0176. The molecule has 0 saturated carbocycles. The molecule has 0 aromatic carbocycles. The minimum absolute atomic E-state index is 0.301. The molecule has 2 aliphatic rings. The lowest BCUT2D eigenvalue weighted by Crippen LogP contribution is -2.57. The van der Waals surface area contributed by atoms with Crippen molar-refractivity contribution in [3.8, 4) is 0 Å². The first-order valence-electron chi connectivity index (χ1n) is 7.23. The van der Waals surface area contributed by atoms with Crippen molar-refractivity contribution in [1.82, 2.24) is 10.2 Å². The SMILES string of the molecule is CCCNC1CCN(C2(C)CCOC2)C(C)C1. The molecule has 1 N–H and O–H groups in total. The molecule has 3 heteroatoms. The van der Waals surface area contributed by atoms with E-state index in [4.69, 9.17) is 4.74 Å². The zero-order chi connectivity index (χ0) is 12.3. The Balaban J connectivity index is 1.87. The Hall–Kier alpha value is -0.120. The largest absolute Gasteiger partial charge is 0.379 e. The van der Waals surface area contributed by atoms with Gasteiger partial charge in [-0.15, -0.1) is 0 Å². The third-order valence-electron chi connectivity index (χ3n) is 4.45. The van der Waals surface area contributed by atoms with Crippen LogP contribution in [0.5, 0.6) is 0 Å². The van der Waals surface area contributed by atoms with Gasteiger partial charge in [0.1, 0.15) is 0 Å². The van der Waals surface area contributed by atoms with Gasteiger partial charge in [-0.05, 0) is 46.1 Å². The molecule has 2 rings (SSSR count). The van der Waals surface area contributed by atoms with Gasteiger partial charge in [-0.25, -0.2) is 0 Å². The summed E-state index contributed by atoms with van der Waals surface area (Å²) in [4.78, 5) is 2.68. The van der Waals surface area contributed by atoms with Gasteiger partial charge in [0.05, 0.1) is 6.61 Å². The molecule has 2 saturated heterocycles. The monoisotopic (exact) mass is 240 g/mol. The van der Waals surface area contributed by atoms with E-state index in [-0.39, 0.29) is 0 Å². The topological polar surface area (TPSA) is 24.5 Å². The number of nitrogens with one attached hydrogen (secondary N) is 1. The van der Waals surface area contributed by atoms with Crippen molar-refractivity contribution in [2.24, 2.45) is 0 Å². The minimum atomic E-state index is 0.301. The molecule has 17 heavy (non-hydrogen) atoms. The van der Waals surface area contributed by atoms with E-state index in [1.807, 2.05) is 0 Å². The van der Waals surface area contributed by atoms with Crippen LogP contribution in [0.1, 0.15) is 46.5 Å². The second kappa shape index (κ2) is 5.68. The molecule has 2 fully saturated rings. The zero-order valence-electron chi connectivity index (χ0n) is 11.7. The molecular weight excluding hydrogens is 212 g/mol. The highest BCUT2D eigenvalue weighted by Crippen LogP contribution is 2.31. The molecule has 0 radical (unpaired) electrons. The molecule has 2 heterocycles. The van der Waals surface area contributed by atoms with Crippen LogP contribution in [0.4, 0.5) is 0 Å². The number of likely N-dealkylation sites (tertiary alicyclic amines) is 1. The van der Waals surface area contributed by atoms with Crippen LogP contribution < -0.4 is 5.32 Å². The molecule has 0 aromatic heterocycles. The van der Waals surface area contributed by atoms with Crippen LogP contribution in [0, 0.1) is 0 Å². The van der Waals surface area contributed by atoms with Gasteiger partial charge in [0.2, 0.25) is 0 Å². The Labute approximate surface area is 106 Å². The molecule has 3 nitrogen and oxygen atoms in total.